The molecule has 80 valence electrons. The third kappa shape index (κ3) is 1.84. The molecule has 0 saturated carbocycles. The Bertz CT molecular complexity index is 439. The molecule has 5 heteroatoms. The number of nitrogens with zero attached hydrogens (tertiary/aromatic N) is 2. The van der Waals surface area contributed by atoms with Crippen LogP contribution in [0.4, 0.5) is 0 Å². The molecule has 0 fully saturated rings. The molecule has 1 aliphatic heterocycles. The van der Waals surface area contributed by atoms with Crippen molar-refractivity contribution in [3.05, 3.63) is 40.6 Å². The van der Waals surface area contributed by atoms with E-state index in [4.69, 9.17) is 9.84 Å². The summed E-state index contributed by atoms with van der Waals surface area (Å²) in [4.78, 5) is 15.6. The summed E-state index contributed by atoms with van der Waals surface area (Å²) in [6.45, 7) is 1.58. The normalized spacial score (nSPS) is 24.7. The van der Waals surface area contributed by atoms with Gasteiger partial charge in [0, 0.05) is 12.4 Å². The van der Waals surface area contributed by atoms with Gasteiger partial charge in [-0.15, -0.1) is 0 Å². The van der Waals surface area contributed by atoms with Crippen molar-refractivity contribution in [2.75, 3.05) is 6.61 Å². The van der Waals surface area contributed by atoms with Crippen LogP contribution in [0.15, 0.2) is 29.3 Å². The Kier molecular flexibility index (Phi) is 2.66. The fraction of sp³-hybridized carbons (Fsp3) is 0.400. The van der Waals surface area contributed by atoms with Gasteiger partial charge < -0.3 is 9.84 Å². The third-order valence-electron chi connectivity index (χ3n) is 2.30. The third-order valence-corrected chi connectivity index (χ3v) is 2.30. The number of ether oxygens (including phenoxy) is 1. The molecular weight excluding hydrogens is 196 g/mol. The first-order valence-corrected chi connectivity index (χ1v) is 4.71. The number of rotatable bonds is 2. The van der Waals surface area contributed by atoms with Crippen molar-refractivity contribution in [1.82, 2.24) is 9.55 Å². The SMILES string of the molecule is Cc1nccn([C@H]2C=C[C@@H](CO)O2)c1=O. The molecule has 2 rings (SSSR count). The highest BCUT2D eigenvalue weighted by molar-refractivity contribution is 5.04. The van der Waals surface area contributed by atoms with E-state index in [1.807, 2.05) is 0 Å². The molecule has 1 aliphatic rings. The number of hydrogen-bond acceptors (Lipinski definition) is 4. The summed E-state index contributed by atoms with van der Waals surface area (Å²) < 4.78 is 6.86. The molecule has 1 aromatic heterocycles. The molecule has 2 heterocycles. The van der Waals surface area contributed by atoms with E-state index < -0.39 is 6.23 Å². The van der Waals surface area contributed by atoms with Crippen molar-refractivity contribution in [2.45, 2.75) is 19.3 Å². The van der Waals surface area contributed by atoms with Crippen molar-refractivity contribution in [3.8, 4) is 0 Å². The predicted molar refractivity (Wildman–Crippen MR) is 53.4 cm³/mol. The zero-order valence-electron chi connectivity index (χ0n) is 8.33. The van der Waals surface area contributed by atoms with Crippen LogP contribution in [0.25, 0.3) is 0 Å². The van der Waals surface area contributed by atoms with Crippen molar-refractivity contribution in [3.63, 3.8) is 0 Å². The predicted octanol–water partition coefficient (Wildman–Crippen LogP) is -0.00238. The molecular formula is C10H12N2O3. The van der Waals surface area contributed by atoms with Gasteiger partial charge in [-0.05, 0) is 13.0 Å². The summed E-state index contributed by atoms with van der Waals surface area (Å²) in [7, 11) is 0. The maximum Gasteiger partial charge on any atom is 0.274 e. The maximum atomic E-state index is 11.7. The van der Waals surface area contributed by atoms with Crippen LogP contribution in [0.1, 0.15) is 11.9 Å². The van der Waals surface area contributed by atoms with Crippen LogP contribution in [-0.2, 0) is 4.74 Å². The number of hydrogen-bond donors (Lipinski definition) is 1. The molecule has 2 atom stereocenters. The number of aliphatic hydroxyl groups excluding tert-OH is 1. The standard InChI is InChI=1S/C10H12N2O3/c1-7-10(14)12(5-4-11-7)9-3-2-8(6-13)15-9/h2-5,8-9,13H,6H2,1H3/t8-,9+/m0/s1. The molecule has 15 heavy (non-hydrogen) atoms. The molecule has 0 bridgehead atoms. The highest BCUT2D eigenvalue weighted by Crippen LogP contribution is 2.18. The summed E-state index contributed by atoms with van der Waals surface area (Å²) >= 11 is 0. The number of aromatic nitrogens is 2. The second-order valence-corrected chi connectivity index (χ2v) is 3.36. The molecule has 5 nitrogen and oxygen atoms in total. The lowest BCUT2D eigenvalue weighted by Gasteiger charge is -2.14. The van der Waals surface area contributed by atoms with Gasteiger partial charge in [0.15, 0.2) is 6.23 Å². The van der Waals surface area contributed by atoms with E-state index in [0.717, 1.165) is 0 Å². The smallest absolute Gasteiger partial charge is 0.274 e. The van der Waals surface area contributed by atoms with Crippen molar-refractivity contribution < 1.29 is 9.84 Å². The Balaban J connectivity index is 2.29. The summed E-state index contributed by atoms with van der Waals surface area (Å²) in [6, 6.07) is 0. The minimum Gasteiger partial charge on any atom is -0.393 e. The van der Waals surface area contributed by atoms with E-state index in [1.165, 1.54) is 4.57 Å². The number of aryl methyl sites for hydroxylation is 1. The second-order valence-electron chi connectivity index (χ2n) is 3.36. The van der Waals surface area contributed by atoms with Crippen molar-refractivity contribution in [2.24, 2.45) is 0 Å². The first-order chi connectivity index (χ1) is 7.22. The Hall–Kier alpha value is -1.46. The average Bonchev–Trinajstić information content (AvgIpc) is 2.70. The topological polar surface area (TPSA) is 64.3 Å². The molecule has 0 aromatic carbocycles. The van der Waals surface area contributed by atoms with E-state index in [2.05, 4.69) is 4.98 Å². The fourth-order valence-corrected chi connectivity index (χ4v) is 1.48. The minimum atomic E-state index is -0.434. The van der Waals surface area contributed by atoms with E-state index in [0.29, 0.717) is 5.69 Å². The Morgan fingerprint density at radius 1 is 1.60 bits per heavy atom. The van der Waals surface area contributed by atoms with Gasteiger partial charge in [0.25, 0.3) is 5.56 Å². The van der Waals surface area contributed by atoms with Gasteiger partial charge in [0.2, 0.25) is 0 Å². The average molecular weight is 208 g/mol. The van der Waals surface area contributed by atoms with Gasteiger partial charge in [0.1, 0.15) is 11.8 Å². The summed E-state index contributed by atoms with van der Waals surface area (Å²) in [5.74, 6) is 0. The van der Waals surface area contributed by atoms with Crippen molar-refractivity contribution >= 4 is 0 Å². The number of aliphatic hydroxyl groups is 1. The van der Waals surface area contributed by atoms with Gasteiger partial charge in [0.05, 0.1) is 6.61 Å². The van der Waals surface area contributed by atoms with E-state index in [-0.39, 0.29) is 18.3 Å². The van der Waals surface area contributed by atoms with Gasteiger partial charge in [-0.1, -0.05) is 6.08 Å². The second kappa shape index (κ2) is 3.96. The first kappa shape index (κ1) is 10.1. The summed E-state index contributed by atoms with van der Waals surface area (Å²) in [5, 5.41) is 8.88. The summed E-state index contributed by atoms with van der Waals surface area (Å²) in [6.07, 6.45) is 5.87. The van der Waals surface area contributed by atoms with Crippen LogP contribution in [0.3, 0.4) is 0 Å². The molecule has 1 N–H and O–H groups in total. The zero-order valence-corrected chi connectivity index (χ0v) is 8.33. The van der Waals surface area contributed by atoms with E-state index in [9.17, 15) is 4.79 Å². The molecule has 0 aliphatic carbocycles. The van der Waals surface area contributed by atoms with E-state index in [1.54, 1.807) is 31.5 Å². The Labute approximate surface area is 86.6 Å². The van der Waals surface area contributed by atoms with Gasteiger partial charge in [-0.25, -0.2) is 0 Å². The minimum absolute atomic E-state index is 0.0776. The van der Waals surface area contributed by atoms with Crippen LogP contribution in [-0.4, -0.2) is 27.4 Å². The lowest BCUT2D eigenvalue weighted by atomic mass is 10.4. The molecule has 0 spiro atoms. The summed E-state index contributed by atoms with van der Waals surface area (Å²) in [5.41, 5.74) is 0.257. The Morgan fingerprint density at radius 3 is 3.07 bits per heavy atom. The van der Waals surface area contributed by atoms with Crippen LogP contribution in [0.2, 0.25) is 0 Å². The van der Waals surface area contributed by atoms with Crippen LogP contribution >= 0.6 is 0 Å². The quantitative estimate of drug-likeness (QED) is 0.695. The molecule has 1 aromatic rings. The zero-order chi connectivity index (χ0) is 10.8. The van der Waals surface area contributed by atoms with Crippen LogP contribution in [0, 0.1) is 6.92 Å². The largest absolute Gasteiger partial charge is 0.393 e. The van der Waals surface area contributed by atoms with Gasteiger partial charge in [-0.2, -0.15) is 0 Å². The first-order valence-electron chi connectivity index (χ1n) is 4.71. The molecule has 0 amide bonds. The van der Waals surface area contributed by atoms with Gasteiger partial charge in [-0.3, -0.25) is 14.3 Å². The maximum absolute atomic E-state index is 11.7. The molecule has 0 radical (unpaired) electrons. The fourth-order valence-electron chi connectivity index (χ4n) is 1.48. The monoisotopic (exact) mass is 208 g/mol. The van der Waals surface area contributed by atoms with Crippen LogP contribution in [0.5, 0.6) is 0 Å². The molecule has 0 saturated heterocycles. The highest BCUT2D eigenvalue weighted by Gasteiger charge is 2.20. The van der Waals surface area contributed by atoms with Crippen LogP contribution < -0.4 is 5.56 Å². The van der Waals surface area contributed by atoms with Gasteiger partial charge >= 0.3 is 0 Å². The molecule has 0 unspecified atom stereocenters. The van der Waals surface area contributed by atoms with Crippen molar-refractivity contribution in [1.29, 1.82) is 0 Å². The lowest BCUT2D eigenvalue weighted by Crippen LogP contribution is -2.27. The highest BCUT2D eigenvalue weighted by atomic mass is 16.5. The van der Waals surface area contributed by atoms with E-state index >= 15 is 0 Å². The lowest BCUT2D eigenvalue weighted by molar-refractivity contribution is -0.00987. The Morgan fingerprint density at radius 2 is 2.40 bits per heavy atom.